The van der Waals surface area contributed by atoms with Crippen LogP contribution in [-0.2, 0) is 16.0 Å². The monoisotopic (exact) mass is 440 g/mol. The number of urea groups is 1. The van der Waals surface area contributed by atoms with Crippen LogP contribution in [0.2, 0.25) is 0 Å². The molecule has 2 aliphatic rings. The van der Waals surface area contributed by atoms with Gasteiger partial charge in [-0.1, -0.05) is 37.5 Å². The zero-order valence-electron chi connectivity index (χ0n) is 18.2. The van der Waals surface area contributed by atoms with Crippen molar-refractivity contribution < 1.29 is 14.4 Å². The second-order valence-corrected chi connectivity index (χ2v) is 8.72. The van der Waals surface area contributed by atoms with Crippen LogP contribution in [0.25, 0.3) is 10.9 Å². The van der Waals surface area contributed by atoms with Gasteiger partial charge in [0.1, 0.15) is 12.1 Å². The number of nitrogens with two attached hydrogens (primary N) is 1. The van der Waals surface area contributed by atoms with E-state index in [2.05, 4.69) is 20.9 Å². The average molecular weight is 441 g/mol. The molecular formula is C23H32N6O3. The fourth-order valence-electron chi connectivity index (χ4n) is 4.70. The van der Waals surface area contributed by atoms with Crippen molar-refractivity contribution in [3.63, 3.8) is 0 Å². The van der Waals surface area contributed by atoms with E-state index in [-0.39, 0.29) is 24.4 Å². The molecule has 9 nitrogen and oxygen atoms in total. The first-order valence-electron chi connectivity index (χ1n) is 11.5. The van der Waals surface area contributed by atoms with Crippen molar-refractivity contribution in [1.82, 2.24) is 25.8 Å². The number of fused-ring (bicyclic) bond motifs is 1. The quantitative estimate of drug-likeness (QED) is 0.458. The Hall–Kier alpha value is -3.07. The summed E-state index contributed by atoms with van der Waals surface area (Å²) in [5.74, 6) is -0.981. The number of carbonyl (C=O) groups excluding carboxylic acids is 3. The number of piperazine rings is 1. The van der Waals surface area contributed by atoms with E-state index in [0.717, 1.165) is 42.1 Å². The fourth-order valence-corrected chi connectivity index (χ4v) is 4.70. The van der Waals surface area contributed by atoms with Gasteiger partial charge in [0.05, 0.1) is 0 Å². The van der Waals surface area contributed by atoms with Gasteiger partial charge in [-0.05, 0) is 24.5 Å². The van der Waals surface area contributed by atoms with Crippen molar-refractivity contribution in [2.24, 2.45) is 5.73 Å². The summed E-state index contributed by atoms with van der Waals surface area (Å²) in [4.78, 5) is 42.9. The van der Waals surface area contributed by atoms with Crippen LogP contribution >= 0.6 is 0 Å². The summed E-state index contributed by atoms with van der Waals surface area (Å²) in [7, 11) is 0. The molecule has 1 saturated carbocycles. The highest BCUT2D eigenvalue weighted by molar-refractivity contribution is 5.92. The first-order valence-corrected chi connectivity index (χ1v) is 11.5. The van der Waals surface area contributed by atoms with Crippen LogP contribution in [0.5, 0.6) is 0 Å². The number of H-pyrrole nitrogens is 1. The Bertz CT molecular complexity index is 968. The molecular weight excluding hydrogens is 408 g/mol. The first kappa shape index (κ1) is 22.1. The van der Waals surface area contributed by atoms with Gasteiger partial charge in [0.2, 0.25) is 11.8 Å². The third-order valence-electron chi connectivity index (χ3n) is 6.50. The summed E-state index contributed by atoms with van der Waals surface area (Å²) in [6.07, 6.45) is 7.50. The topological polar surface area (TPSA) is 132 Å². The number of nitrogens with one attached hydrogen (secondary N) is 4. The minimum atomic E-state index is -0.869. The molecule has 1 aromatic heterocycles. The van der Waals surface area contributed by atoms with Crippen LogP contribution in [0.3, 0.4) is 0 Å². The summed E-state index contributed by atoms with van der Waals surface area (Å²) in [5.41, 5.74) is 7.48. The number of carbonyl (C=O) groups is 3. The predicted molar refractivity (Wildman–Crippen MR) is 122 cm³/mol. The molecule has 0 bridgehead atoms. The van der Waals surface area contributed by atoms with Gasteiger partial charge in [-0.25, -0.2) is 4.79 Å². The Balaban J connectivity index is 1.43. The van der Waals surface area contributed by atoms with Gasteiger partial charge in [0.25, 0.3) is 0 Å². The SMILES string of the molecule is NC(=O)[C@@H](Cc1c[nH]c2ccccc12)NC(=O)[C@H]1CNCCN1C(=O)NC1CCCCC1. The van der Waals surface area contributed by atoms with Gasteiger partial charge in [0, 0.05) is 49.2 Å². The summed E-state index contributed by atoms with van der Waals surface area (Å²) in [6.45, 7) is 1.39. The fraction of sp³-hybridized carbons (Fsp3) is 0.522. The smallest absolute Gasteiger partial charge is 0.318 e. The predicted octanol–water partition coefficient (Wildman–Crippen LogP) is 0.997. The summed E-state index contributed by atoms with van der Waals surface area (Å²) < 4.78 is 0. The standard InChI is InChI=1S/C23H32N6O3/c24-21(30)19(12-15-13-26-18-9-5-4-8-17(15)18)28-22(31)20-14-25-10-11-29(20)23(32)27-16-6-2-1-3-7-16/h4-5,8-9,13,16,19-20,25-26H,1-3,6-7,10-12,14H2,(H2,24,30)(H,27,32)(H,28,31)/t19-,20-/m1/s1. The van der Waals surface area contributed by atoms with E-state index >= 15 is 0 Å². The minimum Gasteiger partial charge on any atom is -0.368 e. The van der Waals surface area contributed by atoms with Crippen LogP contribution in [0, 0.1) is 0 Å². The average Bonchev–Trinajstić information content (AvgIpc) is 3.22. The molecule has 9 heteroatoms. The normalized spacial score (nSPS) is 20.6. The number of hydrogen-bond acceptors (Lipinski definition) is 4. The number of hydrogen-bond donors (Lipinski definition) is 5. The molecule has 1 aliphatic heterocycles. The molecule has 1 aromatic carbocycles. The molecule has 2 heterocycles. The highest BCUT2D eigenvalue weighted by atomic mass is 16.2. The highest BCUT2D eigenvalue weighted by Crippen LogP contribution is 2.20. The Morgan fingerprint density at radius 2 is 1.94 bits per heavy atom. The van der Waals surface area contributed by atoms with E-state index < -0.39 is 18.0 Å². The van der Waals surface area contributed by atoms with Gasteiger partial charge in [0.15, 0.2) is 0 Å². The number of aromatic nitrogens is 1. The molecule has 0 spiro atoms. The van der Waals surface area contributed by atoms with E-state index in [9.17, 15) is 14.4 Å². The van der Waals surface area contributed by atoms with Gasteiger partial charge < -0.3 is 31.6 Å². The van der Waals surface area contributed by atoms with Crippen molar-refractivity contribution in [1.29, 1.82) is 0 Å². The number of rotatable bonds is 6. The maximum absolute atomic E-state index is 13.1. The number of aromatic amines is 1. The molecule has 6 N–H and O–H groups in total. The second-order valence-electron chi connectivity index (χ2n) is 8.72. The van der Waals surface area contributed by atoms with E-state index in [1.54, 1.807) is 4.90 Å². The largest absolute Gasteiger partial charge is 0.368 e. The van der Waals surface area contributed by atoms with Gasteiger partial charge in [-0.3, -0.25) is 9.59 Å². The zero-order chi connectivity index (χ0) is 22.5. The maximum atomic E-state index is 13.1. The molecule has 2 atom stereocenters. The van der Waals surface area contributed by atoms with Crippen molar-refractivity contribution in [3.8, 4) is 0 Å². The lowest BCUT2D eigenvalue weighted by Crippen LogP contribution is -2.64. The third kappa shape index (κ3) is 5.04. The molecule has 0 unspecified atom stereocenters. The first-order chi connectivity index (χ1) is 15.5. The number of nitrogens with zero attached hydrogens (tertiary/aromatic N) is 1. The molecule has 1 saturated heterocycles. The van der Waals surface area contributed by atoms with E-state index in [1.807, 2.05) is 30.5 Å². The van der Waals surface area contributed by atoms with Crippen LogP contribution < -0.4 is 21.7 Å². The van der Waals surface area contributed by atoms with Crippen LogP contribution in [0.15, 0.2) is 30.5 Å². The van der Waals surface area contributed by atoms with Crippen LogP contribution in [0.4, 0.5) is 4.79 Å². The lowest BCUT2D eigenvalue weighted by atomic mass is 9.96. The lowest BCUT2D eigenvalue weighted by Gasteiger charge is -2.37. The number of primary amides is 1. The second kappa shape index (κ2) is 10.0. The van der Waals surface area contributed by atoms with Crippen LogP contribution in [-0.4, -0.2) is 65.5 Å². The summed E-state index contributed by atoms with van der Waals surface area (Å²) in [5, 5.41) is 10.0. The molecule has 2 aromatic rings. The van der Waals surface area contributed by atoms with Crippen molar-refractivity contribution in [2.45, 2.75) is 56.7 Å². The molecule has 32 heavy (non-hydrogen) atoms. The lowest BCUT2D eigenvalue weighted by molar-refractivity contribution is -0.130. The Morgan fingerprint density at radius 3 is 2.72 bits per heavy atom. The molecule has 4 rings (SSSR count). The van der Waals surface area contributed by atoms with Crippen molar-refractivity contribution in [2.75, 3.05) is 19.6 Å². The Morgan fingerprint density at radius 1 is 1.16 bits per heavy atom. The Labute approximate surface area is 187 Å². The highest BCUT2D eigenvalue weighted by Gasteiger charge is 2.35. The van der Waals surface area contributed by atoms with Gasteiger partial charge in [-0.15, -0.1) is 0 Å². The van der Waals surface area contributed by atoms with E-state index in [0.29, 0.717) is 19.6 Å². The maximum Gasteiger partial charge on any atom is 0.318 e. The number of para-hydroxylation sites is 1. The zero-order valence-corrected chi connectivity index (χ0v) is 18.2. The molecule has 1 aliphatic carbocycles. The number of amides is 4. The molecule has 0 radical (unpaired) electrons. The van der Waals surface area contributed by atoms with Crippen molar-refractivity contribution in [3.05, 3.63) is 36.0 Å². The van der Waals surface area contributed by atoms with E-state index in [1.165, 1.54) is 6.42 Å². The van der Waals surface area contributed by atoms with E-state index in [4.69, 9.17) is 5.73 Å². The summed E-state index contributed by atoms with van der Waals surface area (Å²) >= 11 is 0. The third-order valence-corrected chi connectivity index (χ3v) is 6.50. The van der Waals surface area contributed by atoms with Crippen molar-refractivity contribution >= 4 is 28.7 Å². The number of benzene rings is 1. The van der Waals surface area contributed by atoms with Gasteiger partial charge in [-0.2, -0.15) is 0 Å². The van der Waals surface area contributed by atoms with Gasteiger partial charge >= 0.3 is 6.03 Å². The minimum absolute atomic E-state index is 0.162. The molecule has 172 valence electrons. The Kier molecular flexibility index (Phi) is 6.94. The summed E-state index contributed by atoms with van der Waals surface area (Å²) in [6, 6.07) is 6.15. The molecule has 4 amide bonds. The molecule has 2 fully saturated rings. The van der Waals surface area contributed by atoms with Crippen LogP contribution in [0.1, 0.15) is 37.7 Å².